The summed E-state index contributed by atoms with van der Waals surface area (Å²) in [6, 6.07) is 7.54. The van der Waals surface area contributed by atoms with E-state index in [1.54, 1.807) is 0 Å². The largest absolute Gasteiger partial charge is 0.480 e. The van der Waals surface area contributed by atoms with Crippen LogP contribution in [0.5, 0.6) is 5.75 Å². The van der Waals surface area contributed by atoms with Crippen molar-refractivity contribution in [2.24, 2.45) is 0 Å². The number of aryl methyl sites for hydroxylation is 1. The van der Waals surface area contributed by atoms with Crippen LogP contribution in [-0.2, 0) is 14.3 Å². The number of esters is 1. The standard InChI is InChI=1S/C16H19N3O4S2/c1-4-11(23-12-8-6-5-7-10(12)2)14(21)17-15-18-19-16(25-15)24-9-13(20)22-3/h5-8,11H,4,9H2,1-3H3,(H,17,18,21). The van der Waals surface area contributed by atoms with Gasteiger partial charge < -0.3 is 9.47 Å². The molecule has 7 nitrogen and oxygen atoms in total. The number of aromatic nitrogens is 2. The fourth-order valence-electron chi connectivity index (χ4n) is 1.85. The second-order valence-corrected chi connectivity index (χ2v) is 7.21. The molecule has 0 aliphatic rings. The third-order valence-electron chi connectivity index (χ3n) is 3.20. The van der Waals surface area contributed by atoms with Crippen LogP contribution in [0.25, 0.3) is 0 Å². The minimum Gasteiger partial charge on any atom is -0.480 e. The minimum atomic E-state index is -0.629. The van der Waals surface area contributed by atoms with Crippen LogP contribution in [0.2, 0.25) is 0 Å². The Kier molecular flexibility index (Phi) is 7.20. The van der Waals surface area contributed by atoms with Crippen LogP contribution in [-0.4, -0.2) is 41.0 Å². The summed E-state index contributed by atoms with van der Waals surface area (Å²) in [6.07, 6.45) is -0.112. The fraction of sp³-hybridized carbons (Fsp3) is 0.375. The summed E-state index contributed by atoms with van der Waals surface area (Å²) in [5, 5.41) is 10.9. The molecule has 2 aromatic rings. The third-order valence-corrected chi connectivity index (χ3v) is 5.15. The Labute approximate surface area is 154 Å². The van der Waals surface area contributed by atoms with Gasteiger partial charge in [0.2, 0.25) is 5.13 Å². The molecule has 0 radical (unpaired) electrons. The van der Waals surface area contributed by atoms with E-state index in [1.165, 1.54) is 30.2 Å². The van der Waals surface area contributed by atoms with E-state index in [4.69, 9.17) is 4.74 Å². The Morgan fingerprint density at radius 3 is 2.76 bits per heavy atom. The van der Waals surface area contributed by atoms with Crippen LogP contribution < -0.4 is 10.1 Å². The van der Waals surface area contributed by atoms with Crippen LogP contribution in [0.4, 0.5) is 5.13 Å². The van der Waals surface area contributed by atoms with Crippen molar-refractivity contribution >= 4 is 40.1 Å². The second kappa shape index (κ2) is 9.38. The number of methoxy groups -OCH3 is 1. The van der Waals surface area contributed by atoms with E-state index in [1.807, 2.05) is 38.1 Å². The lowest BCUT2D eigenvalue weighted by Gasteiger charge is -2.17. The van der Waals surface area contributed by atoms with Crippen molar-refractivity contribution in [1.82, 2.24) is 10.2 Å². The van der Waals surface area contributed by atoms with Crippen molar-refractivity contribution in [2.45, 2.75) is 30.7 Å². The molecule has 25 heavy (non-hydrogen) atoms. The average molecular weight is 381 g/mol. The van der Waals surface area contributed by atoms with Gasteiger partial charge in [-0.25, -0.2) is 0 Å². The monoisotopic (exact) mass is 381 g/mol. The number of nitrogens with zero attached hydrogens (tertiary/aromatic N) is 2. The molecule has 1 atom stereocenters. The van der Waals surface area contributed by atoms with E-state index >= 15 is 0 Å². The highest BCUT2D eigenvalue weighted by atomic mass is 32.2. The summed E-state index contributed by atoms with van der Waals surface area (Å²) < 4.78 is 11.0. The quantitative estimate of drug-likeness (QED) is 0.427. The van der Waals surface area contributed by atoms with E-state index in [2.05, 4.69) is 20.3 Å². The van der Waals surface area contributed by atoms with Crippen molar-refractivity contribution in [1.29, 1.82) is 0 Å². The molecular formula is C16H19N3O4S2. The molecule has 0 aliphatic carbocycles. The first kappa shape index (κ1) is 19.2. The maximum absolute atomic E-state index is 12.4. The Morgan fingerprint density at radius 1 is 1.32 bits per heavy atom. The molecule has 1 aromatic heterocycles. The van der Waals surface area contributed by atoms with Crippen molar-refractivity contribution < 1.29 is 19.1 Å². The van der Waals surface area contributed by atoms with Gasteiger partial charge in [0, 0.05) is 0 Å². The molecule has 1 aromatic carbocycles. The molecule has 0 fully saturated rings. The van der Waals surface area contributed by atoms with Crippen LogP contribution in [0.3, 0.4) is 0 Å². The van der Waals surface area contributed by atoms with Gasteiger partial charge in [0.15, 0.2) is 10.4 Å². The van der Waals surface area contributed by atoms with Gasteiger partial charge in [0.1, 0.15) is 5.75 Å². The highest BCUT2D eigenvalue weighted by Crippen LogP contribution is 2.26. The topological polar surface area (TPSA) is 90.4 Å². The first-order valence-electron chi connectivity index (χ1n) is 7.59. The van der Waals surface area contributed by atoms with Gasteiger partial charge in [0.05, 0.1) is 12.9 Å². The van der Waals surface area contributed by atoms with E-state index in [0.717, 1.165) is 5.56 Å². The SMILES string of the molecule is CCC(Oc1ccccc1C)C(=O)Nc1nnc(SCC(=O)OC)s1. The molecule has 1 unspecified atom stereocenters. The summed E-state index contributed by atoms with van der Waals surface area (Å²) in [4.78, 5) is 23.5. The van der Waals surface area contributed by atoms with E-state index < -0.39 is 6.10 Å². The number of rotatable bonds is 8. The smallest absolute Gasteiger partial charge is 0.316 e. The molecular weight excluding hydrogens is 362 g/mol. The molecule has 1 heterocycles. The van der Waals surface area contributed by atoms with Gasteiger partial charge in [-0.1, -0.05) is 48.2 Å². The zero-order valence-corrected chi connectivity index (χ0v) is 15.8. The van der Waals surface area contributed by atoms with Gasteiger partial charge in [-0.05, 0) is 25.0 Å². The summed E-state index contributed by atoms with van der Waals surface area (Å²) >= 11 is 2.40. The van der Waals surface area contributed by atoms with Gasteiger partial charge in [-0.15, -0.1) is 10.2 Å². The van der Waals surface area contributed by atoms with Gasteiger partial charge in [-0.3, -0.25) is 14.9 Å². The highest BCUT2D eigenvalue weighted by molar-refractivity contribution is 8.01. The van der Waals surface area contributed by atoms with Crippen molar-refractivity contribution in [3.05, 3.63) is 29.8 Å². The Balaban J connectivity index is 1.94. The number of ether oxygens (including phenoxy) is 2. The Morgan fingerprint density at radius 2 is 2.08 bits per heavy atom. The Bertz CT molecular complexity index is 736. The van der Waals surface area contributed by atoms with Gasteiger partial charge in [-0.2, -0.15) is 0 Å². The first-order valence-corrected chi connectivity index (χ1v) is 9.40. The third kappa shape index (κ3) is 5.71. The maximum atomic E-state index is 12.4. The van der Waals surface area contributed by atoms with E-state index in [-0.39, 0.29) is 17.6 Å². The molecule has 134 valence electrons. The molecule has 1 N–H and O–H groups in total. The average Bonchev–Trinajstić information content (AvgIpc) is 3.06. The summed E-state index contributed by atoms with van der Waals surface area (Å²) in [5.41, 5.74) is 0.964. The Hall–Kier alpha value is -2.13. The van der Waals surface area contributed by atoms with E-state index in [9.17, 15) is 9.59 Å². The predicted molar refractivity (Wildman–Crippen MR) is 97.2 cm³/mol. The van der Waals surface area contributed by atoms with Crippen molar-refractivity contribution in [3.8, 4) is 5.75 Å². The zero-order chi connectivity index (χ0) is 18.2. The lowest BCUT2D eigenvalue weighted by Crippen LogP contribution is -2.32. The number of thioether (sulfide) groups is 1. The minimum absolute atomic E-state index is 0.146. The van der Waals surface area contributed by atoms with Crippen molar-refractivity contribution in [3.63, 3.8) is 0 Å². The maximum Gasteiger partial charge on any atom is 0.316 e. The number of hydrogen-bond donors (Lipinski definition) is 1. The molecule has 0 spiro atoms. The van der Waals surface area contributed by atoms with Crippen LogP contribution in [0, 0.1) is 6.92 Å². The number of nitrogens with one attached hydrogen (secondary N) is 1. The molecule has 0 saturated carbocycles. The number of benzene rings is 1. The number of para-hydroxylation sites is 1. The van der Waals surface area contributed by atoms with Crippen LogP contribution in [0.15, 0.2) is 28.6 Å². The molecule has 0 aliphatic heterocycles. The number of carbonyl (C=O) groups is 2. The number of anilines is 1. The lowest BCUT2D eigenvalue weighted by molar-refractivity contribution is -0.137. The van der Waals surface area contributed by atoms with Crippen molar-refractivity contribution in [2.75, 3.05) is 18.2 Å². The summed E-state index contributed by atoms with van der Waals surface area (Å²) in [5.74, 6) is 0.193. The zero-order valence-electron chi connectivity index (χ0n) is 14.1. The molecule has 0 bridgehead atoms. The molecule has 2 rings (SSSR count). The summed E-state index contributed by atoms with van der Waals surface area (Å²) in [7, 11) is 1.33. The first-order chi connectivity index (χ1) is 12.0. The van der Waals surface area contributed by atoms with Crippen LogP contribution in [0.1, 0.15) is 18.9 Å². The fourth-order valence-corrected chi connectivity index (χ4v) is 3.44. The predicted octanol–water partition coefficient (Wildman–Crippen LogP) is 2.91. The molecule has 9 heteroatoms. The normalized spacial score (nSPS) is 11.6. The molecule has 0 saturated heterocycles. The highest BCUT2D eigenvalue weighted by Gasteiger charge is 2.21. The summed E-state index contributed by atoms with van der Waals surface area (Å²) in [6.45, 7) is 3.80. The van der Waals surface area contributed by atoms with E-state index in [0.29, 0.717) is 21.6 Å². The number of carbonyl (C=O) groups excluding carboxylic acids is 2. The molecule has 1 amide bonds. The number of hydrogen-bond acceptors (Lipinski definition) is 8. The van der Waals surface area contributed by atoms with Crippen LogP contribution >= 0.6 is 23.1 Å². The number of amides is 1. The van der Waals surface area contributed by atoms with Gasteiger partial charge >= 0.3 is 5.97 Å². The lowest BCUT2D eigenvalue weighted by atomic mass is 10.2. The van der Waals surface area contributed by atoms with Gasteiger partial charge in [0.25, 0.3) is 5.91 Å². The second-order valence-electron chi connectivity index (χ2n) is 5.01.